The van der Waals surface area contributed by atoms with Gasteiger partial charge in [-0.1, -0.05) is 6.58 Å². The Balaban J connectivity index is 2.02. The molecular formula is C10H14O2. The van der Waals surface area contributed by atoms with Crippen molar-refractivity contribution in [2.75, 3.05) is 0 Å². The predicted molar refractivity (Wildman–Crippen MR) is 45.6 cm³/mol. The molecule has 0 N–H and O–H groups in total. The summed E-state index contributed by atoms with van der Waals surface area (Å²) in [7, 11) is 0. The van der Waals surface area contributed by atoms with E-state index in [9.17, 15) is 4.79 Å². The van der Waals surface area contributed by atoms with Gasteiger partial charge in [0.1, 0.15) is 5.60 Å². The summed E-state index contributed by atoms with van der Waals surface area (Å²) in [6.45, 7) is 3.41. The van der Waals surface area contributed by atoms with Crippen LogP contribution in [-0.4, -0.2) is 11.6 Å². The van der Waals surface area contributed by atoms with Crippen LogP contribution in [0.4, 0.5) is 0 Å². The summed E-state index contributed by atoms with van der Waals surface area (Å²) < 4.78 is 5.38. The molecule has 2 aliphatic carbocycles. The Hall–Kier alpha value is -0.790. The summed E-state index contributed by atoms with van der Waals surface area (Å²) in [6, 6.07) is 0. The van der Waals surface area contributed by atoms with Crippen LogP contribution in [0.3, 0.4) is 0 Å². The number of carbonyl (C=O) groups is 1. The largest absolute Gasteiger partial charge is 0.456 e. The van der Waals surface area contributed by atoms with Crippen molar-refractivity contribution in [1.29, 1.82) is 0 Å². The monoisotopic (exact) mass is 166 g/mol. The molecular weight excluding hydrogens is 152 g/mol. The van der Waals surface area contributed by atoms with E-state index in [1.54, 1.807) is 0 Å². The van der Waals surface area contributed by atoms with Gasteiger partial charge in [-0.15, -0.1) is 0 Å². The Morgan fingerprint density at radius 1 is 1.50 bits per heavy atom. The molecule has 0 saturated heterocycles. The van der Waals surface area contributed by atoms with Crippen LogP contribution in [0.2, 0.25) is 0 Å². The molecule has 12 heavy (non-hydrogen) atoms. The number of carbonyl (C=O) groups excluding carboxylic acids is 1. The molecule has 2 rings (SSSR count). The number of fused-ring (bicyclic) bond motifs is 2. The Bertz CT molecular complexity index is 212. The zero-order chi connectivity index (χ0) is 8.60. The second kappa shape index (κ2) is 2.61. The lowest BCUT2D eigenvalue weighted by Gasteiger charge is -2.25. The van der Waals surface area contributed by atoms with Gasteiger partial charge in [0, 0.05) is 6.08 Å². The second-order valence-electron chi connectivity index (χ2n) is 3.96. The van der Waals surface area contributed by atoms with Crippen molar-refractivity contribution in [2.45, 2.75) is 37.7 Å². The summed E-state index contributed by atoms with van der Waals surface area (Å²) in [6.07, 6.45) is 6.97. The van der Waals surface area contributed by atoms with Crippen LogP contribution in [0.5, 0.6) is 0 Å². The minimum Gasteiger partial charge on any atom is -0.456 e. The van der Waals surface area contributed by atoms with E-state index < -0.39 is 0 Å². The minimum atomic E-state index is -0.252. The SMILES string of the molecule is C=CC(=O)OC12CCC(CC1)C2. The zero-order valence-electron chi connectivity index (χ0n) is 7.21. The van der Waals surface area contributed by atoms with E-state index in [-0.39, 0.29) is 11.6 Å². The Labute approximate surface area is 72.6 Å². The normalized spacial score (nSPS) is 38.2. The molecule has 2 bridgehead atoms. The summed E-state index contributed by atoms with van der Waals surface area (Å²) >= 11 is 0. The third kappa shape index (κ3) is 1.15. The second-order valence-corrected chi connectivity index (χ2v) is 3.96. The van der Waals surface area contributed by atoms with Gasteiger partial charge in [-0.2, -0.15) is 0 Å². The fraction of sp³-hybridized carbons (Fsp3) is 0.700. The summed E-state index contributed by atoms with van der Waals surface area (Å²) in [5.74, 6) is 0.570. The maximum Gasteiger partial charge on any atom is 0.330 e. The van der Waals surface area contributed by atoms with E-state index in [2.05, 4.69) is 6.58 Å². The molecule has 0 aromatic carbocycles. The van der Waals surface area contributed by atoms with Gasteiger partial charge >= 0.3 is 5.97 Å². The third-order valence-corrected chi connectivity index (χ3v) is 3.16. The lowest BCUT2D eigenvalue weighted by atomic mass is 9.97. The zero-order valence-corrected chi connectivity index (χ0v) is 7.21. The molecule has 0 spiro atoms. The Morgan fingerprint density at radius 2 is 2.17 bits per heavy atom. The molecule has 0 atom stereocenters. The lowest BCUT2D eigenvalue weighted by Crippen LogP contribution is -2.29. The molecule has 0 unspecified atom stereocenters. The standard InChI is InChI=1S/C10H14O2/c1-2-9(11)12-10-5-3-8(7-10)4-6-10/h2,8H,1,3-7H2. The fourth-order valence-corrected chi connectivity index (χ4v) is 2.54. The highest BCUT2D eigenvalue weighted by Crippen LogP contribution is 2.49. The van der Waals surface area contributed by atoms with Gasteiger partial charge in [0.15, 0.2) is 0 Å². The van der Waals surface area contributed by atoms with E-state index in [4.69, 9.17) is 4.74 Å². The Kier molecular flexibility index (Phi) is 1.71. The van der Waals surface area contributed by atoms with E-state index >= 15 is 0 Å². The number of rotatable bonds is 2. The molecule has 2 saturated carbocycles. The van der Waals surface area contributed by atoms with Crippen molar-refractivity contribution in [3.63, 3.8) is 0 Å². The molecule has 2 heteroatoms. The summed E-state index contributed by atoms with van der Waals surface area (Å²) in [5, 5.41) is 0. The average molecular weight is 166 g/mol. The van der Waals surface area contributed by atoms with Crippen LogP contribution in [0.15, 0.2) is 12.7 Å². The lowest BCUT2D eigenvalue weighted by molar-refractivity contribution is -0.152. The van der Waals surface area contributed by atoms with Gasteiger partial charge in [0.05, 0.1) is 0 Å². The maximum absolute atomic E-state index is 11.0. The quantitative estimate of drug-likeness (QED) is 0.463. The topological polar surface area (TPSA) is 26.3 Å². The molecule has 0 radical (unpaired) electrons. The molecule has 0 aliphatic heterocycles. The van der Waals surface area contributed by atoms with Crippen LogP contribution in [-0.2, 0) is 9.53 Å². The van der Waals surface area contributed by atoms with Gasteiger partial charge in [0.2, 0.25) is 0 Å². The van der Waals surface area contributed by atoms with E-state index in [1.807, 2.05) is 0 Å². The molecule has 2 nitrogen and oxygen atoms in total. The molecule has 2 fully saturated rings. The summed E-state index contributed by atoms with van der Waals surface area (Å²) in [4.78, 5) is 11.0. The summed E-state index contributed by atoms with van der Waals surface area (Å²) in [5.41, 5.74) is -0.0874. The first-order valence-corrected chi connectivity index (χ1v) is 4.59. The molecule has 0 aromatic rings. The van der Waals surface area contributed by atoms with Crippen LogP contribution in [0.25, 0.3) is 0 Å². The predicted octanol–water partition coefficient (Wildman–Crippen LogP) is 2.05. The number of hydrogen-bond acceptors (Lipinski definition) is 2. The van der Waals surface area contributed by atoms with E-state index in [0.717, 1.165) is 25.2 Å². The van der Waals surface area contributed by atoms with Gasteiger partial charge < -0.3 is 4.74 Å². The van der Waals surface area contributed by atoms with Gasteiger partial charge in [-0.3, -0.25) is 0 Å². The number of hydrogen-bond donors (Lipinski definition) is 0. The smallest absolute Gasteiger partial charge is 0.330 e. The van der Waals surface area contributed by atoms with Crippen LogP contribution in [0.1, 0.15) is 32.1 Å². The van der Waals surface area contributed by atoms with Crippen molar-refractivity contribution in [3.05, 3.63) is 12.7 Å². The number of esters is 1. The van der Waals surface area contributed by atoms with Crippen molar-refractivity contribution in [2.24, 2.45) is 5.92 Å². The highest BCUT2D eigenvalue weighted by Gasteiger charge is 2.47. The van der Waals surface area contributed by atoms with Gasteiger partial charge in [-0.25, -0.2) is 4.79 Å². The van der Waals surface area contributed by atoms with Crippen LogP contribution < -0.4 is 0 Å². The van der Waals surface area contributed by atoms with E-state index in [1.165, 1.54) is 18.9 Å². The molecule has 0 amide bonds. The molecule has 2 aliphatic rings. The highest BCUT2D eigenvalue weighted by molar-refractivity contribution is 5.81. The van der Waals surface area contributed by atoms with Crippen LogP contribution >= 0.6 is 0 Å². The van der Waals surface area contributed by atoms with Crippen molar-refractivity contribution in [3.8, 4) is 0 Å². The first kappa shape index (κ1) is 7.84. The first-order chi connectivity index (χ1) is 5.74. The van der Waals surface area contributed by atoms with Gasteiger partial charge in [0.25, 0.3) is 0 Å². The molecule has 0 heterocycles. The van der Waals surface area contributed by atoms with Crippen molar-refractivity contribution >= 4 is 5.97 Å². The molecule has 0 aromatic heterocycles. The average Bonchev–Trinajstić information content (AvgIpc) is 2.63. The third-order valence-electron chi connectivity index (χ3n) is 3.16. The van der Waals surface area contributed by atoms with Crippen molar-refractivity contribution < 1.29 is 9.53 Å². The fourth-order valence-electron chi connectivity index (χ4n) is 2.54. The van der Waals surface area contributed by atoms with Crippen molar-refractivity contribution in [1.82, 2.24) is 0 Å². The molecule has 66 valence electrons. The number of ether oxygens (including phenoxy) is 1. The highest BCUT2D eigenvalue weighted by atomic mass is 16.6. The Morgan fingerprint density at radius 3 is 2.58 bits per heavy atom. The van der Waals surface area contributed by atoms with Crippen LogP contribution in [0, 0.1) is 5.92 Å². The first-order valence-electron chi connectivity index (χ1n) is 4.59. The minimum absolute atomic E-state index is 0.0874. The van der Waals surface area contributed by atoms with E-state index in [0.29, 0.717) is 0 Å². The maximum atomic E-state index is 11.0. The van der Waals surface area contributed by atoms with Gasteiger partial charge in [-0.05, 0) is 38.0 Å².